The molecule has 82 valence electrons. The van der Waals surface area contributed by atoms with Gasteiger partial charge in [0.05, 0.1) is 0 Å². The molecule has 2 N–H and O–H groups in total. The van der Waals surface area contributed by atoms with E-state index in [9.17, 15) is 0 Å². The Morgan fingerprint density at radius 2 is 1.86 bits per heavy atom. The highest BCUT2D eigenvalue weighted by atomic mass is 32.2. The van der Waals surface area contributed by atoms with E-state index in [2.05, 4.69) is 16.7 Å². The SMILES string of the molecule is NCC1CCCCC1N1CCSCC1. The lowest BCUT2D eigenvalue weighted by Gasteiger charge is -2.41. The fraction of sp³-hybridized carbons (Fsp3) is 1.00. The van der Waals surface area contributed by atoms with Gasteiger partial charge >= 0.3 is 0 Å². The molecule has 2 rings (SSSR count). The molecule has 2 fully saturated rings. The minimum atomic E-state index is 0.784. The van der Waals surface area contributed by atoms with Crippen LogP contribution in [0.3, 0.4) is 0 Å². The quantitative estimate of drug-likeness (QED) is 0.756. The van der Waals surface area contributed by atoms with E-state index in [1.54, 1.807) is 0 Å². The maximum Gasteiger partial charge on any atom is 0.0136 e. The summed E-state index contributed by atoms with van der Waals surface area (Å²) in [6.45, 7) is 3.49. The van der Waals surface area contributed by atoms with Crippen LogP contribution >= 0.6 is 11.8 Å². The second-order valence-electron chi connectivity index (χ2n) is 4.50. The van der Waals surface area contributed by atoms with Gasteiger partial charge in [-0.05, 0) is 25.3 Å². The molecule has 0 bridgehead atoms. The minimum absolute atomic E-state index is 0.784. The molecule has 1 saturated carbocycles. The highest BCUT2D eigenvalue weighted by Crippen LogP contribution is 2.29. The summed E-state index contributed by atoms with van der Waals surface area (Å²) >= 11 is 2.10. The number of thioether (sulfide) groups is 1. The molecule has 2 nitrogen and oxygen atoms in total. The predicted octanol–water partition coefficient (Wildman–Crippen LogP) is 1.55. The summed E-state index contributed by atoms with van der Waals surface area (Å²) in [5, 5.41) is 0. The first-order chi connectivity index (χ1) is 6.92. The molecule has 0 aromatic heterocycles. The molecule has 1 aliphatic heterocycles. The summed E-state index contributed by atoms with van der Waals surface area (Å²) in [5.41, 5.74) is 5.87. The van der Waals surface area contributed by atoms with Crippen molar-refractivity contribution in [1.82, 2.24) is 4.90 Å². The Kier molecular flexibility index (Phi) is 4.14. The third-order valence-electron chi connectivity index (χ3n) is 3.69. The van der Waals surface area contributed by atoms with Crippen molar-refractivity contribution < 1.29 is 0 Å². The maximum absolute atomic E-state index is 5.87. The van der Waals surface area contributed by atoms with Gasteiger partial charge in [0, 0.05) is 30.6 Å². The monoisotopic (exact) mass is 214 g/mol. The average Bonchev–Trinajstić information content (AvgIpc) is 2.30. The average molecular weight is 214 g/mol. The van der Waals surface area contributed by atoms with Gasteiger partial charge in [-0.25, -0.2) is 0 Å². The normalized spacial score (nSPS) is 35.8. The zero-order valence-corrected chi connectivity index (χ0v) is 9.77. The van der Waals surface area contributed by atoms with Gasteiger partial charge in [0.25, 0.3) is 0 Å². The zero-order chi connectivity index (χ0) is 9.80. The fourth-order valence-electron chi connectivity index (χ4n) is 2.85. The number of hydrogen-bond acceptors (Lipinski definition) is 3. The molecular formula is C11H22N2S. The molecule has 0 aromatic rings. The minimum Gasteiger partial charge on any atom is -0.330 e. The number of nitrogens with zero attached hydrogens (tertiary/aromatic N) is 1. The van der Waals surface area contributed by atoms with Crippen LogP contribution in [0.4, 0.5) is 0 Å². The van der Waals surface area contributed by atoms with Crippen molar-refractivity contribution in [3.05, 3.63) is 0 Å². The van der Waals surface area contributed by atoms with Crippen LogP contribution < -0.4 is 5.73 Å². The van der Waals surface area contributed by atoms with E-state index in [-0.39, 0.29) is 0 Å². The van der Waals surface area contributed by atoms with E-state index in [1.165, 1.54) is 50.3 Å². The number of hydrogen-bond donors (Lipinski definition) is 1. The van der Waals surface area contributed by atoms with Gasteiger partial charge in [-0.15, -0.1) is 0 Å². The maximum atomic E-state index is 5.87. The van der Waals surface area contributed by atoms with E-state index in [0.717, 1.165) is 18.5 Å². The van der Waals surface area contributed by atoms with Gasteiger partial charge in [0.2, 0.25) is 0 Å². The summed E-state index contributed by atoms with van der Waals surface area (Å²) < 4.78 is 0. The molecule has 2 atom stereocenters. The lowest BCUT2D eigenvalue weighted by Crippen LogP contribution is -2.48. The van der Waals surface area contributed by atoms with Gasteiger partial charge in [-0.1, -0.05) is 12.8 Å². The summed E-state index contributed by atoms with van der Waals surface area (Å²) in [6, 6.07) is 0.814. The van der Waals surface area contributed by atoms with Crippen LogP contribution in [0.5, 0.6) is 0 Å². The lowest BCUT2D eigenvalue weighted by molar-refractivity contribution is 0.118. The van der Waals surface area contributed by atoms with Crippen molar-refractivity contribution in [2.45, 2.75) is 31.7 Å². The Morgan fingerprint density at radius 1 is 1.14 bits per heavy atom. The Balaban J connectivity index is 1.91. The standard InChI is InChI=1S/C11H22N2S/c12-9-10-3-1-2-4-11(10)13-5-7-14-8-6-13/h10-11H,1-9,12H2. The smallest absolute Gasteiger partial charge is 0.0136 e. The molecule has 14 heavy (non-hydrogen) atoms. The molecule has 2 aliphatic rings. The predicted molar refractivity (Wildman–Crippen MR) is 63.7 cm³/mol. The molecule has 0 aromatic carbocycles. The summed E-state index contributed by atoms with van der Waals surface area (Å²) in [5.74, 6) is 3.44. The van der Waals surface area contributed by atoms with Gasteiger partial charge < -0.3 is 5.73 Å². The first kappa shape index (κ1) is 10.8. The van der Waals surface area contributed by atoms with E-state index in [1.807, 2.05) is 0 Å². The van der Waals surface area contributed by atoms with E-state index in [4.69, 9.17) is 5.73 Å². The van der Waals surface area contributed by atoms with Crippen LogP contribution in [0, 0.1) is 5.92 Å². The molecule has 3 heteroatoms. The summed E-state index contributed by atoms with van der Waals surface area (Å²) in [6.07, 6.45) is 5.59. The third kappa shape index (κ3) is 2.44. The molecule has 0 amide bonds. The largest absolute Gasteiger partial charge is 0.330 e. The van der Waals surface area contributed by atoms with E-state index >= 15 is 0 Å². The molecular weight excluding hydrogens is 192 g/mol. The van der Waals surface area contributed by atoms with Gasteiger partial charge in [0.15, 0.2) is 0 Å². The Hall–Kier alpha value is 0.270. The molecule has 0 spiro atoms. The first-order valence-corrected chi connectivity index (χ1v) is 7.09. The van der Waals surface area contributed by atoms with Crippen LogP contribution in [0.15, 0.2) is 0 Å². The van der Waals surface area contributed by atoms with Crippen molar-refractivity contribution >= 4 is 11.8 Å². The van der Waals surface area contributed by atoms with Crippen LogP contribution in [0.25, 0.3) is 0 Å². The van der Waals surface area contributed by atoms with Crippen LogP contribution in [0.2, 0.25) is 0 Å². The Labute approximate surface area is 91.6 Å². The second kappa shape index (κ2) is 5.38. The Bertz CT molecular complexity index is 169. The molecule has 1 heterocycles. The van der Waals surface area contributed by atoms with Crippen LogP contribution in [0.1, 0.15) is 25.7 Å². The number of rotatable bonds is 2. The Morgan fingerprint density at radius 3 is 2.57 bits per heavy atom. The van der Waals surface area contributed by atoms with Crippen molar-refractivity contribution in [2.24, 2.45) is 11.7 Å². The van der Waals surface area contributed by atoms with Crippen LogP contribution in [-0.2, 0) is 0 Å². The van der Waals surface area contributed by atoms with Gasteiger partial charge in [0.1, 0.15) is 0 Å². The zero-order valence-electron chi connectivity index (χ0n) is 8.95. The first-order valence-electron chi connectivity index (χ1n) is 5.93. The molecule has 0 radical (unpaired) electrons. The van der Waals surface area contributed by atoms with Gasteiger partial charge in [-0.2, -0.15) is 11.8 Å². The third-order valence-corrected chi connectivity index (χ3v) is 4.63. The summed E-state index contributed by atoms with van der Waals surface area (Å²) in [7, 11) is 0. The van der Waals surface area contributed by atoms with Gasteiger partial charge in [-0.3, -0.25) is 4.90 Å². The fourth-order valence-corrected chi connectivity index (χ4v) is 3.78. The number of nitrogens with two attached hydrogens (primary N) is 1. The van der Waals surface area contributed by atoms with Crippen molar-refractivity contribution in [3.63, 3.8) is 0 Å². The lowest BCUT2D eigenvalue weighted by atomic mass is 9.83. The topological polar surface area (TPSA) is 29.3 Å². The van der Waals surface area contributed by atoms with E-state index in [0.29, 0.717) is 0 Å². The second-order valence-corrected chi connectivity index (χ2v) is 5.72. The van der Waals surface area contributed by atoms with Crippen molar-refractivity contribution in [2.75, 3.05) is 31.1 Å². The molecule has 2 unspecified atom stereocenters. The van der Waals surface area contributed by atoms with E-state index < -0.39 is 0 Å². The highest BCUT2D eigenvalue weighted by Gasteiger charge is 2.29. The van der Waals surface area contributed by atoms with Crippen molar-refractivity contribution in [1.29, 1.82) is 0 Å². The van der Waals surface area contributed by atoms with Crippen molar-refractivity contribution in [3.8, 4) is 0 Å². The molecule has 1 aliphatic carbocycles. The highest BCUT2D eigenvalue weighted by molar-refractivity contribution is 7.99. The molecule has 1 saturated heterocycles. The summed E-state index contributed by atoms with van der Waals surface area (Å²) in [4.78, 5) is 2.70. The van der Waals surface area contributed by atoms with Crippen LogP contribution in [-0.4, -0.2) is 42.1 Å².